The van der Waals surface area contributed by atoms with E-state index in [1.807, 2.05) is 13.0 Å². The van der Waals surface area contributed by atoms with Crippen LogP contribution in [0, 0.1) is 6.92 Å². The molecule has 4 nitrogen and oxygen atoms in total. The van der Waals surface area contributed by atoms with Crippen molar-refractivity contribution in [3.05, 3.63) is 23.5 Å². The highest BCUT2D eigenvalue weighted by Gasteiger charge is 2.27. The summed E-state index contributed by atoms with van der Waals surface area (Å²) in [4.78, 5) is 5.06. The van der Waals surface area contributed by atoms with Crippen LogP contribution in [0.5, 0.6) is 0 Å². The fourth-order valence-electron chi connectivity index (χ4n) is 1.49. The van der Waals surface area contributed by atoms with Crippen molar-refractivity contribution in [2.75, 3.05) is 32.2 Å². The molecule has 1 N–H and O–H groups in total. The minimum absolute atomic E-state index is 0.0763. The van der Waals surface area contributed by atoms with Crippen molar-refractivity contribution in [2.24, 2.45) is 0 Å². The molecule has 0 unspecified atom stereocenters. The van der Waals surface area contributed by atoms with Crippen LogP contribution in [0.15, 0.2) is 17.2 Å². The predicted molar refractivity (Wildman–Crippen MR) is 73.3 cm³/mol. The molecule has 21 heavy (non-hydrogen) atoms. The third kappa shape index (κ3) is 7.66. The molecular formula is C13H18F3NO3S. The van der Waals surface area contributed by atoms with Crippen LogP contribution in [0.25, 0.3) is 0 Å². The third-order valence-corrected chi connectivity index (χ3v) is 3.66. The first-order valence-electron chi connectivity index (χ1n) is 6.34. The number of thioether (sulfide) groups is 1. The van der Waals surface area contributed by atoms with Crippen LogP contribution in [0.4, 0.5) is 13.2 Å². The predicted octanol–water partition coefficient (Wildman–Crippen LogP) is 2.57. The van der Waals surface area contributed by atoms with Crippen LogP contribution >= 0.6 is 11.8 Å². The van der Waals surface area contributed by atoms with E-state index in [1.54, 1.807) is 18.0 Å². The van der Waals surface area contributed by atoms with Crippen LogP contribution in [-0.4, -0.2) is 48.4 Å². The van der Waals surface area contributed by atoms with E-state index in [2.05, 4.69) is 9.72 Å². The van der Waals surface area contributed by atoms with Crippen LogP contribution in [0.1, 0.15) is 11.3 Å². The van der Waals surface area contributed by atoms with Gasteiger partial charge < -0.3 is 14.6 Å². The van der Waals surface area contributed by atoms with Gasteiger partial charge in [0, 0.05) is 16.8 Å². The number of aliphatic hydroxyl groups excluding tert-OH is 1. The average Bonchev–Trinajstić information content (AvgIpc) is 2.42. The van der Waals surface area contributed by atoms with Gasteiger partial charge in [0.2, 0.25) is 0 Å². The Morgan fingerprint density at radius 2 is 1.95 bits per heavy atom. The Hall–Kier alpha value is -0.830. The van der Waals surface area contributed by atoms with E-state index in [4.69, 9.17) is 9.84 Å². The van der Waals surface area contributed by atoms with Gasteiger partial charge in [-0.25, -0.2) is 0 Å². The SMILES string of the molecule is Cc1c(SCCOCCOCC(F)(F)F)ccnc1CO. The lowest BCUT2D eigenvalue weighted by Gasteiger charge is -2.09. The number of halogens is 3. The van der Waals surface area contributed by atoms with Gasteiger partial charge in [-0.3, -0.25) is 4.98 Å². The number of aliphatic hydroxyl groups is 1. The van der Waals surface area contributed by atoms with Crippen molar-refractivity contribution in [1.82, 2.24) is 4.98 Å². The number of alkyl halides is 3. The lowest BCUT2D eigenvalue weighted by Crippen LogP contribution is -2.19. The molecule has 8 heteroatoms. The van der Waals surface area contributed by atoms with Gasteiger partial charge >= 0.3 is 6.18 Å². The number of nitrogens with zero attached hydrogens (tertiary/aromatic N) is 1. The van der Waals surface area contributed by atoms with Crippen LogP contribution in [0.2, 0.25) is 0 Å². The Morgan fingerprint density at radius 1 is 1.24 bits per heavy atom. The Morgan fingerprint density at radius 3 is 2.62 bits per heavy atom. The maximum Gasteiger partial charge on any atom is 0.411 e. The Kier molecular flexibility index (Phi) is 8.02. The molecule has 0 fully saturated rings. The number of hydrogen-bond donors (Lipinski definition) is 1. The van der Waals surface area contributed by atoms with Gasteiger partial charge in [0.05, 0.1) is 32.1 Å². The average molecular weight is 325 g/mol. The topological polar surface area (TPSA) is 51.6 Å². The fourth-order valence-corrected chi connectivity index (χ4v) is 2.41. The number of hydrogen-bond acceptors (Lipinski definition) is 5. The number of pyridine rings is 1. The van der Waals surface area contributed by atoms with Crippen LogP contribution in [-0.2, 0) is 16.1 Å². The number of ether oxygens (including phenoxy) is 2. The minimum Gasteiger partial charge on any atom is -0.390 e. The van der Waals surface area contributed by atoms with Crippen molar-refractivity contribution >= 4 is 11.8 Å². The zero-order valence-electron chi connectivity index (χ0n) is 11.7. The molecule has 120 valence electrons. The normalized spacial score (nSPS) is 11.9. The number of rotatable bonds is 9. The van der Waals surface area contributed by atoms with Gasteiger partial charge in [0.15, 0.2) is 0 Å². The Bertz CT molecular complexity index is 430. The molecule has 1 heterocycles. The quantitative estimate of drug-likeness (QED) is 0.559. The first-order valence-corrected chi connectivity index (χ1v) is 7.33. The first-order chi connectivity index (χ1) is 9.94. The molecule has 0 spiro atoms. The molecule has 0 aromatic carbocycles. The summed E-state index contributed by atoms with van der Waals surface area (Å²) in [6.07, 6.45) is -2.66. The summed E-state index contributed by atoms with van der Waals surface area (Å²) in [5, 5.41) is 9.10. The molecule has 1 aromatic heterocycles. The van der Waals surface area contributed by atoms with Crippen molar-refractivity contribution in [3.8, 4) is 0 Å². The van der Waals surface area contributed by atoms with E-state index in [-0.39, 0.29) is 19.8 Å². The second kappa shape index (κ2) is 9.24. The highest BCUT2D eigenvalue weighted by Crippen LogP contribution is 2.23. The van der Waals surface area contributed by atoms with Crippen molar-refractivity contribution in [2.45, 2.75) is 24.6 Å². The van der Waals surface area contributed by atoms with E-state index in [1.165, 1.54) is 0 Å². The van der Waals surface area contributed by atoms with E-state index in [0.29, 0.717) is 18.1 Å². The van der Waals surface area contributed by atoms with E-state index >= 15 is 0 Å². The molecule has 0 amide bonds. The van der Waals surface area contributed by atoms with Gasteiger partial charge in [0.25, 0.3) is 0 Å². The molecule has 0 radical (unpaired) electrons. The first kappa shape index (κ1) is 18.2. The van der Waals surface area contributed by atoms with Gasteiger partial charge in [-0.05, 0) is 18.6 Å². The lowest BCUT2D eigenvalue weighted by atomic mass is 10.2. The van der Waals surface area contributed by atoms with Crippen molar-refractivity contribution in [3.63, 3.8) is 0 Å². The van der Waals surface area contributed by atoms with Crippen LogP contribution < -0.4 is 0 Å². The smallest absolute Gasteiger partial charge is 0.390 e. The summed E-state index contributed by atoms with van der Waals surface area (Å²) in [5.74, 6) is 0.662. The monoisotopic (exact) mass is 325 g/mol. The standard InChI is InChI=1S/C13H18F3NO3S/c1-10-11(8-18)17-3-2-12(10)21-7-6-19-4-5-20-9-13(14,15)16/h2-3,18H,4-9H2,1H3. The Labute approximate surface area is 125 Å². The minimum atomic E-state index is -4.29. The molecule has 0 bridgehead atoms. The summed E-state index contributed by atoms with van der Waals surface area (Å²) in [6.45, 7) is 1.00. The third-order valence-electron chi connectivity index (χ3n) is 2.53. The highest BCUT2D eigenvalue weighted by atomic mass is 32.2. The zero-order valence-corrected chi connectivity index (χ0v) is 12.5. The van der Waals surface area contributed by atoms with E-state index in [9.17, 15) is 13.2 Å². The largest absolute Gasteiger partial charge is 0.411 e. The van der Waals surface area contributed by atoms with Crippen LogP contribution in [0.3, 0.4) is 0 Å². The molecule has 0 aliphatic heterocycles. The summed E-state index contributed by atoms with van der Waals surface area (Å²) >= 11 is 1.55. The molecule has 0 saturated carbocycles. The summed E-state index contributed by atoms with van der Waals surface area (Å²) < 4.78 is 45.0. The number of aromatic nitrogens is 1. The molecule has 1 aromatic rings. The van der Waals surface area contributed by atoms with Gasteiger partial charge in [-0.1, -0.05) is 0 Å². The van der Waals surface area contributed by atoms with E-state index < -0.39 is 12.8 Å². The van der Waals surface area contributed by atoms with Gasteiger partial charge in [0.1, 0.15) is 6.61 Å². The molecular weight excluding hydrogens is 307 g/mol. The van der Waals surface area contributed by atoms with E-state index in [0.717, 1.165) is 10.5 Å². The van der Waals surface area contributed by atoms with Gasteiger partial charge in [-0.2, -0.15) is 13.2 Å². The maximum atomic E-state index is 11.8. The summed E-state index contributed by atoms with van der Waals surface area (Å²) in [6, 6.07) is 1.85. The second-order valence-electron chi connectivity index (χ2n) is 4.17. The second-order valence-corrected chi connectivity index (χ2v) is 5.30. The molecule has 1 rings (SSSR count). The highest BCUT2D eigenvalue weighted by molar-refractivity contribution is 7.99. The molecule has 0 atom stereocenters. The summed E-state index contributed by atoms with van der Waals surface area (Å²) in [7, 11) is 0. The lowest BCUT2D eigenvalue weighted by molar-refractivity contribution is -0.176. The van der Waals surface area contributed by atoms with Crippen molar-refractivity contribution in [1.29, 1.82) is 0 Å². The zero-order chi connectivity index (χ0) is 15.7. The Balaban J connectivity index is 2.12. The fraction of sp³-hybridized carbons (Fsp3) is 0.615. The molecule has 0 aliphatic rings. The molecule has 0 aliphatic carbocycles. The summed E-state index contributed by atoms with van der Waals surface area (Å²) in [5.41, 5.74) is 1.57. The van der Waals surface area contributed by atoms with Crippen molar-refractivity contribution < 1.29 is 27.8 Å². The molecule has 0 saturated heterocycles. The van der Waals surface area contributed by atoms with Gasteiger partial charge in [-0.15, -0.1) is 11.8 Å². The maximum absolute atomic E-state index is 11.8.